The van der Waals surface area contributed by atoms with Crippen LogP contribution < -0.4 is 0 Å². The first-order chi connectivity index (χ1) is 8.72. The average Bonchev–Trinajstić information content (AvgIpc) is 2.86. The van der Waals surface area contributed by atoms with Crippen LogP contribution in [0.4, 0.5) is 0 Å². The summed E-state index contributed by atoms with van der Waals surface area (Å²) < 4.78 is 5.04. The van der Waals surface area contributed by atoms with Crippen LogP contribution in [0, 0.1) is 0 Å². The van der Waals surface area contributed by atoms with E-state index in [0.29, 0.717) is 6.04 Å². The minimum absolute atomic E-state index is 0.530. The van der Waals surface area contributed by atoms with Gasteiger partial charge in [0, 0.05) is 51.2 Å². The molecule has 0 atom stereocenters. The molecular weight excluding hydrogens is 294 g/mol. The topological polar surface area (TPSA) is 38.9 Å². The van der Waals surface area contributed by atoms with Gasteiger partial charge < -0.3 is 0 Å². The molecule has 1 aliphatic rings. The Kier molecular flexibility index (Phi) is 3.22. The van der Waals surface area contributed by atoms with Crippen molar-refractivity contribution in [3.8, 4) is 0 Å². The van der Waals surface area contributed by atoms with E-state index in [4.69, 9.17) is 0 Å². The summed E-state index contributed by atoms with van der Waals surface area (Å²) in [5, 5.41) is 8.51. The molecule has 0 bridgehead atoms. The van der Waals surface area contributed by atoms with Gasteiger partial charge in [0.05, 0.1) is 16.7 Å². The van der Waals surface area contributed by atoms with Gasteiger partial charge in [-0.3, -0.25) is 14.3 Å². The van der Waals surface area contributed by atoms with E-state index in [9.17, 15) is 0 Å². The number of likely N-dealkylation sites (tertiary alicyclic amines) is 1. The van der Waals surface area contributed by atoms with Crippen molar-refractivity contribution in [1.82, 2.24) is 24.5 Å². The molecule has 0 saturated carbocycles. The molecule has 3 heterocycles. The van der Waals surface area contributed by atoms with E-state index in [2.05, 4.69) is 37.1 Å². The van der Waals surface area contributed by atoms with E-state index in [0.717, 1.165) is 30.5 Å². The van der Waals surface area contributed by atoms with Crippen molar-refractivity contribution >= 4 is 15.9 Å². The third-order valence-corrected chi connectivity index (χ3v) is 3.90. The fraction of sp³-hybridized carbons (Fsp3) is 0.500. The lowest BCUT2D eigenvalue weighted by Crippen LogP contribution is -2.48. The Hall–Kier alpha value is -1.14. The molecule has 0 unspecified atom stereocenters. The lowest BCUT2D eigenvalue weighted by Gasteiger charge is -2.39. The van der Waals surface area contributed by atoms with Gasteiger partial charge in [0.25, 0.3) is 0 Å². The van der Waals surface area contributed by atoms with Gasteiger partial charge in [-0.15, -0.1) is 0 Å². The monoisotopic (exact) mass is 309 g/mol. The van der Waals surface area contributed by atoms with E-state index < -0.39 is 0 Å². The molecule has 1 saturated heterocycles. The predicted molar refractivity (Wildman–Crippen MR) is 72.3 cm³/mol. The number of aromatic nitrogens is 4. The summed E-state index contributed by atoms with van der Waals surface area (Å²) in [6.45, 7) is 3.27. The molecular formula is C12H16BrN5. The highest BCUT2D eigenvalue weighted by molar-refractivity contribution is 9.10. The van der Waals surface area contributed by atoms with Crippen LogP contribution in [0.1, 0.15) is 11.7 Å². The van der Waals surface area contributed by atoms with E-state index in [1.807, 2.05) is 35.0 Å². The van der Waals surface area contributed by atoms with Crippen molar-refractivity contribution in [2.75, 3.05) is 19.6 Å². The van der Waals surface area contributed by atoms with E-state index in [1.54, 1.807) is 0 Å². The highest BCUT2D eigenvalue weighted by Crippen LogP contribution is 2.22. The van der Waals surface area contributed by atoms with Crippen molar-refractivity contribution < 1.29 is 0 Å². The first-order valence-electron chi connectivity index (χ1n) is 6.11. The van der Waals surface area contributed by atoms with Crippen molar-refractivity contribution in [2.45, 2.75) is 12.5 Å². The molecule has 1 fully saturated rings. The SMILES string of the molecule is Cn1nccc1CCN1CC(n2cc(Br)cn2)C1. The molecule has 0 spiro atoms. The zero-order chi connectivity index (χ0) is 12.5. The normalized spacial score (nSPS) is 17.0. The minimum atomic E-state index is 0.530. The largest absolute Gasteiger partial charge is 0.299 e. The molecule has 3 rings (SSSR count). The fourth-order valence-corrected chi connectivity index (χ4v) is 2.63. The number of rotatable bonds is 4. The van der Waals surface area contributed by atoms with Crippen LogP contribution in [-0.4, -0.2) is 44.1 Å². The van der Waals surface area contributed by atoms with Crippen molar-refractivity contribution in [1.29, 1.82) is 0 Å². The Morgan fingerprint density at radius 2 is 2.22 bits per heavy atom. The maximum atomic E-state index is 4.33. The van der Waals surface area contributed by atoms with E-state index in [1.165, 1.54) is 5.69 Å². The van der Waals surface area contributed by atoms with Gasteiger partial charge in [0.15, 0.2) is 0 Å². The summed E-state index contributed by atoms with van der Waals surface area (Å²) in [5.74, 6) is 0. The van der Waals surface area contributed by atoms with Crippen LogP contribution in [0.15, 0.2) is 29.1 Å². The Morgan fingerprint density at radius 1 is 1.39 bits per heavy atom. The molecule has 0 N–H and O–H groups in total. The van der Waals surface area contributed by atoms with E-state index in [-0.39, 0.29) is 0 Å². The smallest absolute Gasteiger partial charge is 0.0773 e. The average molecular weight is 310 g/mol. The lowest BCUT2D eigenvalue weighted by atomic mass is 10.1. The number of halogens is 1. The molecule has 0 aliphatic carbocycles. The Morgan fingerprint density at radius 3 is 2.83 bits per heavy atom. The molecule has 6 heteroatoms. The summed E-state index contributed by atoms with van der Waals surface area (Å²) in [4.78, 5) is 2.45. The number of hydrogen-bond donors (Lipinski definition) is 0. The summed E-state index contributed by atoms with van der Waals surface area (Å²) in [5.41, 5.74) is 1.29. The van der Waals surface area contributed by atoms with Gasteiger partial charge in [-0.1, -0.05) is 0 Å². The maximum Gasteiger partial charge on any atom is 0.0773 e. The van der Waals surface area contributed by atoms with Crippen LogP contribution in [0.3, 0.4) is 0 Å². The Balaban J connectivity index is 1.47. The molecule has 5 nitrogen and oxygen atoms in total. The summed E-state index contributed by atoms with van der Waals surface area (Å²) in [7, 11) is 2.00. The second-order valence-corrected chi connectivity index (χ2v) is 5.66. The fourth-order valence-electron chi connectivity index (χ4n) is 2.33. The second-order valence-electron chi connectivity index (χ2n) is 4.75. The predicted octanol–water partition coefficient (Wildman–Crippen LogP) is 1.48. The Labute approximate surface area is 115 Å². The van der Waals surface area contributed by atoms with Gasteiger partial charge in [0.1, 0.15) is 0 Å². The standard InChI is InChI=1S/C12H16BrN5/c1-16-11(2-4-14-16)3-5-17-8-12(9-17)18-7-10(13)6-15-18/h2,4,6-7,12H,3,5,8-9H2,1H3. The second kappa shape index (κ2) is 4.85. The van der Waals surface area contributed by atoms with Gasteiger partial charge in [-0.05, 0) is 22.0 Å². The third-order valence-electron chi connectivity index (χ3n) is 3.49. The highest BCUT2D eigenvalue weighted by Gasteiger charge is 2.28. The lowest BCUT2D eigenvalue weighted by molar-refractivity contribution is 0.0995. The van der Waals surface area contributed by atoms with Crippen LogP contribution >= 0.6 is 15.9 Å². The first-order valence-corrected chi connectivity index (χ1v) is 6.90. The number of aryl methyl sites for hydroxylation is 1. The van der Waals surface area contributed by atoms with Crippen LogP contribution in [0.2, 0.25) is 0 Å². The molecule has 1 aliphatic heterocycles. The molecule has 96 valence electrons. The van der Waals surface area contributed by atoms with Crippen molar-refractivity contribution in [2.24, 2.45) is 7.05 Å². The zero-order valence-corrected chi connectivity index (χ0v) is 11.9. The molecule has 2 aromatic heterocycles. The zero-order valence-electron chi connectivity index (χ0n) is 10.3. The van der Waals surface area contributed by atoms with Crippen LogP contribution in [-0.2, 0) is 13.5 Å². The van der Waals surface area contributed by atoms with Gasteiger partial charge in [-0.25, -0.2) is 0 Å². The summed E-state index contributed by atoms with van der Waals surface area (Å²) >= 11 is 3.43. The van der Waals surface area contributed by atoms with Gasteiger partial charge in [0.2, 0.25) is 0 Å². The summed E-state index contributed by atoms with van der Waals surface area (Å²) in [6.07, 6.45) is 6.81. The first kappa shape index (κ1) is 11.9. The van der Waals surface area contributed by atoms with Crippen LogP contribution in [0.25, 0.3) is 0 Å². The highest BCUT2D eigenvalue weighted by atomic mass is 79.9. The summed E-state index contributed by atoms with van der Waals surface area (Å²) in [6, 6.07) is 2.62. The molecule has 0 radical (unpaired) electrons. The van der Waals surface area contributed by atoms with Crippen molar-refractivity contribution in [3.05, 3.63) is 34.8 Å². The Bertz CT molecular complexity index is 526. The molecule has 0 amide bonds. The third kappa shape index (κ3) is 2.35. The number of hydrogen-bond acceptors (Lipinski definition) is 3. The quantitative estimate of drug-likeness (QED) is 0.859. The van der Waals surface area contributed by atoms with Crippen molar-refractivity contribution in [3.63, 3.8) is 0 Å². The maximum absolute atomic E-state index is 4.33. The van der Waals surface area contributed by atoms with Gasteiger partial charge >= 0.3 is 0 Å². The molecule has 2 aromatic rings. The van der Waals surface area contributed by atoms with Gasteiger partial charge in [-0.2, -0.15) is 10.2 Å². The number of nitrogens with zero attached hydrogens (tertiary/aromatic N) is 5. The minimum Gasteiger partial charge on any atom is -0.299 e. The molecule has 0 aromatic carbocycles. The van der Waals surface area contributed by atoms with E-state index >= 15 is 0 Å². The van der Waals surface area contributed by atoms with Crippen LogP contribution in [0.5, 0.6) is 0 Å². The molecule has 18 heavy (non-hydrogen) atoms.